The molecule has 11 heteroatoms. The lowest BCUT2D eigenvalue weighted by molar-refractivity contribution is -0.0500. The van der Waals surface area contributed by atoms with Crippen LogP contribution in [0.15, 0.2) is 18.2 Å². The van der Waals surface area contributed by atoms with Gasteiger partial charge in [0.05, 0.1) is 24.3 Å². The highest BCUT2D eigenvalue weighted by Gasteiger charge is 2.48. The summed E-state index contributed by atoms with van der Waals surface area (Å²) in [6.07, 6.45) is 0. The van der Waals surface area contributed by atoms with Gasteiger partial charge in [0.25, 0.3) is 0 Å². The van der Waals surface area contributed by atoms with Crippen molar-refractivity contribution in [3.8, 4) is 5.75 Å². The van der Waals surface area contributed by atoms with E-state index >= 15 is 0 Å². The van der Waals surface area contributed by atoms with Crippen LogP contribution in [0.3, 0.4) is 0 Å². The highest BCUT2D eigenvalue weighted by molar-refractivity contribution is 7.88. The summed E-state index contributed by atoms with van der Waals surface area (Å²) < 4.78 is 72.5. The molecule has 0 aliphatic heterocycles. The smallest absolute Gasteiger partial charge is 0.462 e. The number of rotatable bonds is 6. The van der Waals surface area contributed by atoms with Crippen molar-refractivity contribution < 1.29 is 44.8 Å². The van der Waals surface area contributed by atoms with E-state index in [2.05, 4.69) is 13.7 Å². The molecule has 0 atom stereocenters. The van der Waals surface area contributed by atoms with E-state index in [0.717, 1.165) is 6.07 Å². The molecule has 1 aromatic rings. The molecule has 24 heavy (non-hydrogen) atoms. The molecule has 0 radical (unpaired) electrons. The molecule has 0 aliphatic rings. The van der Waals surface area contributed by atoms with Crippen LogP contribution in [-0.4, -0.2) is 39.1 Å². The Morgan fingerprint density at radius 2 is 1.38 bits per heavy atom. The quantitative estimate of drug-likeness (QED) is 0.430. The Hall–Kier alpha value is -2.30. The number of esters is 2. The van der Waals surface area contributed by atoms with Crippen molar-refractivity contribution in [3.05, 3.63) is 29.3 Å². The van der Waals surface area contributed by atoms with Crippen LogP contribution < -0.4 is 4.18 Å². The number of ether oxygens (including phenoxy) is 2. The number of hydrogen-bond donors (Lipinski definition) is 0. The van der Waals surface area contributed by atoms with E-state index in [-0.39, 0.29) is 24.3 Å². The zero-order valence-electron chi connectivity index (χ0n) is 12.5. The first kappa shape index (κ1) is 19.7. The summed E-state index contributed by atoms with van der Waals surface area (Å²) in [5.41, 5.74) is -6.40. The molecule has 0 amide bonds. The Morgan fingerprint density at radius 1 is 0.958 bits per heavy atom. The summed E-state index contributed by atoms with van der Waals surface area (Å²) in [5.74, 6) is -2.82. The lowest BCUT2D eigenvalue weighted by Crippen LogP contribution is -2.28. The molecule has 0 aliphatic carbocycles. The van der Waals surface area contributed by atoms with Crippen molar-refractivity contribution >= 4 is 22.1 Å². The van der Waals surface area contributed by atoms with E-state index in [1.165, 1.54) is 13.8 Å². The highest BCUT2D eigenvalue weighted by Crippen LogP contribution is 2.28. The fourth-order valence-corrected chi connectivity index (χ4v) is 1.93. The molecule has 0 saturated carbocycles. The van der Waals surface area contributed by atoms with Gasteiger partial charge in [-0.3, -0.25) is 0 Å². The molecule has 0 saturated heterocycles. The number of benzene rings is 1. The monoisotopic (exact) mass is 370 g/mol. The van der Waals surface area contributed by atoms with Crippen molar-refractivity contribution in [2.24, 2.45) is 0 Å². The standard InChI is InChI=1S/C13H13F3O7S/c1-3-21-11(17)8-5-9(12(18)22-4-2)7-10(6-8)23-24(19,20)13(14,15)16/h5-7H,3-4H2,1-2H3. The van der Waals surface area contributed by atoms with Crippen LogP contribution in [0.4, 0.5) is 13.2 Å². The topological polar surface area (TPSA) is 96.0 Å². The van der Waals surface area contributed by atoms with Gasteiger partial charge in [-0.1, -0.05) is 0 Å². The van der Waals surface area contributed by atoms with Crippen LogP contribution in [0.25, 0.3) is 0 Å². The first-order chi connectivity index (χ1) is 11.0. The van der Waals surface area contributed by atoms with Crippen LogP contribution in [0.2, 0.25) is 0 Å². The first-order valence-corrected chi connectivity index (χ1v) is 7.92. The number of carbonyl (C=O) groups excluding carboxylic acids is 2. The predicted molar refractivity (Wildman–Crippen MR) is 74.0 cm³/mol. The predicted octanol–water partition coefficient (Wildman–Crippen LogP) is 2.27. The Balaban J connectivity index is 3.33. The van der Waals surface area contributed by atoms with Crippen LogP contribution in [0.1, 0.15) is 34.6 Å². The molecule has 0 aromatic heterocycles. The summed E-state index contributed by atoms with van der Waals surface area (Å²) >= 11 is 0. The van der Waals surface area contributed by atoms with Gasteiger partial charge in [0.1, 0.15) is 5.75 Å². The van der Waals surface area contributed by atoms with Crippen LogP contribution in [0.5, 0.6) is 5.75 Å². The fraction of sp³-hybridized carbons (Fsp3) is 0.385. The molecule has 134 valence electrons. The molecule has 0 spiro atoms. The van der Waals surface area contributed by atoms with E-state index in [1.807, 2.05) is 0 Å². The van der Waals surface area contributed by atoms with Crippen LogP contribution in [0, 0.1) is 0 Å². The van der Waals surface area contributed by atoms with Gasteiger partial charge in [0.15, 0.2) is 0 Å². The Morgan fingerprint density at radius 3 is 1.71 bits per heavy atom. The molecule has 0 bridgehead atoms. The lowest BCUT2D eigenvalue weighted by Gasteiger charge is -2.12. The average Bonchev–Trinajstić information content (AvgIpc) is 2.45. The van der Waals surface area contributed by atoms with Gasteiger partial charge in [0, 0.05) is 0 Å². The zero-order valence-corrected chi connectivity index (χ0v) is 13.4. The minimum Gasteiger partial charge on any atom is -0.462 e. The SMILES string of the molecule is CCOC(=O)c1cc(OS(=O)(=O)C(F)(F)F)cc(C(=O)OCC)c1. The van der Waals surface area contributed by atoms with Gasteiger partial charge >= 0.3 is 27.6 Å². The van der Waals surface area contributed by atoms with Gasteiger partial charge in [0.2, 0.25) is 0 Å². The zero-order chi connectivity index (χ0) is 18.5. The second kappa shape index (κ2) is 7.51. The second-order valence-electron chi connectivity index (χ2n) is 4.17. The van der Waals surface area contributed by atoms with Gasteiger partial charge in [-0.15, -0.1) is 0 Å². The molecular weight excluding hydrogens is 357 g/mol. The molecule has 0 fully saturated rings. The molecule has 1 rings (SSSR count). The minimum absolute atomic E-state index is 0.0422. The van der Waals surface area contributed by atoms with Crippen LogP contribution >= 0.6 is 0 Å². The summed E-state index contributed by atoms with van der Waals surface area (Å²) in [4.78, 5) is 23.4. The van der Waals surface area contributed by atoms with Gasteiger partial charge in [-0.2, -0.15) is 21.6 Å². The maximum Gasteiger partial charge on any atom is 0.534 e. The van der Waals surface area contributed by atoms with Crippen molar-refractivity contribution in [1.82, 2.24) is 0 Å². The van der Waals surface area contributed by atoms with E-state index in [0.29, 0.717) is 12.1 Å². The van der Waals surface area contributed by atoms with Crippen LogP contribution in [-0.2, 0) is 19.6 Å². The Bertz CT molecular complexity index is 689. The normalized spacial score (nSPS) is 11.7. The van der Waals surface area contributed by atoms with Crippen molar-refractivity contribution in [2.45, 2.75) is 19.4 Å². The summed E-state index contributed by atoms with van der Waals surface area (Å²) in [6.45, 7) is 2.89. The molecular formula is C13H13F3O7S. The van der Waals surface area contributed by atoms with E-state index in [1.54, 1.807) is 0 Å². The Kier molecular flexibility index (Phi) is 6.18. The third-order valence-electron chi connectivity index (χ3n) is 2.42. The van der Waals surface area contributed by atoms with E-state index < -0.39 is 33.3 Å². The largest absolute Gasteiger partial charge is 0.534 e. The lowest BCUT2D eigenvalue weighted by atomic mass is 10.1. The van der Waals surface area contributed by atoms with Gasteiger partial charge in [-0.25, -0.2) is 9.59 Å². The molecule has 0 N–H and O–H groups in total. The maximum absolute atomic E-state index is 12.4. The van der Waals surface area contributed by atoms with Crippen molar-refractivity contribution in [3.63, 3.8) is 0 Å². The minimum atomic E-state index is -5.96. The molecule has 7 nitrogen and oxygen atoms in total. The van der Waals surface area contributed by atoms with Gasteiger partial charge < -0.3 is 13.7 Å². The number of hydrogen-bond acceptors (Lipinski definition) is 7. The first-order valence-electron chi connectivity index (χ1n) is 6.52. The molecule has 0 heterocycles. The second-order valence-corrected chi connectivity index (χ2v) is 5.71. The highest BCUT2D eigenvalue weighted by atomic mass is 32.2. The third-order valence-corrected chi connectivity index (χ3v) is 3.40. The molecule has 1 aromatic carbocycles. The van der Waals surface area contributed by atoms with Crippen molar-refractivity contribution in [1.29, 1.82) is 0 Å². The summed E-state index contributed by atoms with van der Waals surface area (Å²) in [7, 11) is -5.96. The molecule has 0 unspecified atom stereocenters. The number of halogens is 3. The summed E-state index contributed by atoms with van der Waals surface area (Å²) in [6, 6.07) is 2.41. The van der Waals surface area contributed by atoms with Crippen molar-refractivity contribution in [2.75, 3.05) is 13.2 Å². The number of alkyl halides is 3. The fourth-order valence-electron chi connectivity index (χ4n) is 1.49. The number of carbonyl (C=O) groups is 2. The third kappa shape index (κ3) is 4.85. The van der Waals surface area contributed by atoms with E-state index in [4.69, 9.17) is 0 Å². The Labute approximate surface area is 135 Å². The van der Waals surface area contributed by atoms with Gasteiger partial charge in [-0.05, 0) is 32.0 Å². The van der Waals surface area contributed by atoms with E-state index in [9.17, 15) is 31.2 Å². The summed E-state index contributed by atoms with van der Waals surface area (Å²) in [5, 5.41) is 0. The average molecular weight is 370 g/mol. The maximum atomic E-state index is 12.4.